The Bertz CT molecular complexity index is 3230. The van der Waals surface area contributed by atoms with Gasteiger partial charge < -0.3 is 81.1 Å². The Balaban J connectivity index is 0.00000780. The number of aliphatic hydroxyl groups is 4. The molecule has 0 saturated carbocycles. The average molecular weight is 1120 g/mol. The number of aryl methyl sites for hydroxylation is 1. The number of nitrogen functional groups attached to an aromatic ring is 2. The van der Waals surface area contributed by atoms with Crippen LogP contribution in [0.5, 0.6) is 0 Å². The fourth-order valence-corrected chi connectivity index (χ4v) is 12.2. The number of rotatable bonds is 19. The summed E-state index contributed by atoms with van der Waals surface area (Å²) in [6.45, 7) is -3.53. The SMILES string of the molecule is CO[C@@H]1[C@H](OP(=O)(O)OC[C@H]2O[C@@H](n3ccc(=O)[nH]c3=O)[C@H](O)[C@@H]2O)[C@@H](COP(=O)(O)OP(=O)(O)OP(=O)([O-])OC[C@H]2O[C@@H]([n+]3cn(C)c4c(=O)[nH]c(N)nc43)[C@H](O)[C@@H]2O)O[C@H]1n1cnc2c(N)ncnc21.N. The minimum Gasteiger partial charge on any atom is -0.756 e. The summed E-state index contributed by atoms with van der Waals surface area (Å²) >= 11 is 0. The van der Waals surface area contributed by atoms with E-state index in [1.807, 2.05) is 4.98 Å². The fraction of sp³-hybridized carbons (Fsp3) is 0.548. The Morgan fingerprint density at radius 1 is 0.795 bits per heavy atom. The van der Waals surface area contributed by atoms with E-state index in [2.05, 4.69) is 38.1 Å². The minimum atomic E-state index is -6.26. The minimum absolute atomic E-state index is 0. The highest BCUT2D eigenvalue weighted by Crippen LogP contribution is 2.67. The summed E-state index contributed by atoms with van der Waals surface area (Å²) in [6.07, 6.45) is -16.4. The molecule has 0 spiro atoms. The third-order valence-electron chi connectivity index (χ3n) is 10.9. The van der Waals surface area contributed by atoms with Crippen LogP contribution in [0.25, 0.3) is 22.3 Å². The Kier molecular flexibility index (Phi) is 16.3. The maximum Gasteiger partial charge on any atom is 0.487 e. The molecule has 0 aromatic carbocycles. The molecule has 0 radical (unpaired) electrons. The number of phosphoric acid groups is 4. The average Bonchev–Trinajstić information content (AvgIpc) is 4.07. The standard InChI is InChI=1S/C31H42N12O25P4.H3N/c1-40-10-43(25-16(40)26(49)39-30(33)38-25)28-20(48)18(46)12(64-28)6-61-70(53,54)67-72(57,58)68-71(55,56)62-7-13-21(22(59-2)29(65-13)42-9-36-15-23(32)34-8-35-24(15)42)66-69(51,52)60-5-11-17(45)19(47)27(63-11)41-4-3-14(44)37-31(41)50;/h3-4,8-13,17-22,27-29,45-48H,5-7H2,1-2H3,(H9-,32,33,34,35,37,38,39,44,49,50,51,52,53,54,55,56,57,58);1H3/t11-,12-,13-,17-,18-,19-,20-,21-,22-,27-,28-,29-;/m1./s1. The molecule has 3 saturated heterocycles. The number of phosphoric ester groups is 3. The van der Waals surface area contributed by atoms with E-state index in [1.165, 1.54) is 22.5 Å². The van der Waals surface area contributed by atoms with E-state index in [1.54, 1.807) is 0 Å². The van der Waals surface area contributed by atoms with Gasteiger partial charge in [0, 0.05) is 19.4 Å². The lowest BCUT2D eigenvalue weighted by atomic mass is 10.1. The number of hydrogen-bond donors (Lipinski definition) is 12. The number of methoxy groups -OCH3 is 1. The van der Waals surface area contributed by atoms with Crippen LogP contribution in [0.2, 0.25) is 0 Å². The summed E-state index contributed by atoms with van der Waals surface area (Å²) in [7, 11) is -21.3. The van der Waals surface area contributed by atoms with Crippen molar-refractivity contribution in [2.75, 3.05) is 38.4 Å². The van der Waals surface area contributed by atoms with Crippen molar-refractivity contribution >= 4 is 65.4 Å². The van der Waals surface area contributed by atoms with Crippen LogP contribution in [0, 0.1) is 0 Å². The molecule has 8 heterocycles. The molecule has 0 bridgehead atoms. The van der Waals surface area contributed by atoms with Gasteiger partial charge in [-0.3, -0.25) is 51.4 Å². The molecule has 5 aromatic rings. The van der Waals surface area contributed by atoms with Gasteiger partial charge in [0.25, 0.3) is 24.9 Å². The number of aromatic amines is 2. The molecule has 16 atom stereocenters. The van der Waals surface area contributed by atoms with Crippen LogP contribution >= 0.6 is 31.3 Å². The highest BCUT2D eigenvalue weighted by molar-refractivity contribution is 7.66. The number of nitrogens with zero attached hydrogens (tertiary/aromatic N) is 8. The molecule has 0 aliphatic carbocycles. The first-order valence-electron chi connectivity index (χ1n) is 20.2. The van der Waals surface area contributed by atoms with Crippen molar-refractivity contribution in [3.63, 3.8) is 0 Å². The molecular weight excluding hydrogens is 1080 g/mol. The number of hydrogen-bond acceptors (Lipinski definition) is 29. The van der Waals surface area contributed by atoms with Crippen LogP contribution in [-0.4, -0.2) is 161 Å². The van der Waals surface area contributed by atoms with Crippen molar-refractivity contribution in [3.05, 3.63) is 62.4 Å². The molecule has 3 fully saturated rings. The zero-order valence-corrected chi connectivity index (χ0v) is 40.7. The van der Waals surface area contributed by atoms with Gasteiger partial charge in [0.1, 0.15) is 66.8 Å². The van der Waals surface area contributed by atoms with E-state index in [4.69, 9.17) is 44.0 Å². The third-order valence-corrected chi connectivity index (χ3v) is 16.2. The number of imidazole rings is 2. The number of nitrogens with one attached hydrogen (secondary N) is 2. The van der Waals surface area contributed by atoms with E-state index >= 15 is 0 Å². The zero-order chi connectivity index (χ0) is 52.4. The third kappa shape index (κ3) is 11.8. The Morgan fingerprint density at radius 2 is 1.44 bits per heavy atom. The molecule has 16 N–H and O–H groups in total. The molecule has 3 aliphatic rings. The molecule has 8 rings (SSSR count). The van der Waals surface area contributed by atoms with E-state index in [9.17, 15) is 72.6 Å². The van der Waals surface area contributed by atoms with Gasteiger partial charge >= 0.3 is 34.8 Å². The number of H-pyrrole nitrogens is 2. The van der Waals surface area contributed by atoms with Crippen molar-refractivity contribution < 1.29 is 108 Å². The normalized spacial score (nSPS) is 30.7. The second-order valence-corrected chi connectivity index (χ2v) is 21.7. The number of anilines is 2. The van der Waals surface area contributed by atoms with Crippen molar-refractivity contribution in [2.24, 2.45) is 7.05 Å². The molecule has 5 aromatic heterocycles. The second-order valence-electron chi connectivity index (χ2n) is 15.7. The summed E-state index contributed by atoms with van der Waals surface area (Å²) in [4.78, 5) is 101. The van der Waals surface area contributed by atoms with E-state index in [-0.39, 0.29) is 40.2 Å². The zero-order valence-electron chi connectivity index (χ0n) is 37.1. The van der Waals surface area contributed by atoms with Gasteiger partial charge in [0.2, 0.25) is 11.7 Å². The molecule has 3 aliphatic heterocycles. The molecule has 0 amide bonds. The number of ether oxygens (including phenoxy) is 4. The number of aromatic nitrogens is 10. The van der Waals surface area contributed by atoms with Gasteiger partial charge in [-0.15, -0.1) is 0 Å². The van der Waals surface area contributed by atoms with Crippen LogP contribution in [0.4, 0.5) is 11.8 Å². The summed E-state index contributed by atoms with van der Waals surface area (Å²) < 4.78 is 107. The molecular formula is C31H45N13O25P4. The molecule has 404 valence electrons. The van der Waals surface area contributed by atoms with E-state index in [0.717, 1.165) is 41.2 Å². The molecule has 4 unspecified atom stereocenters. The number of fused-ring (bicyclic) bond motifs is 2. The van der Waals surface area contributed by atoms with Crippen LogP contribution in [0.3, 0.4) is 0 Å². The lowest BCUT2D eigenvalue weighted by molar-refractivity contribution is -0.745. The van der Waals surface area contributed by atoms with Crippen LogP contribution in [0.15, 0.2) is 45.6 Å². The van der Waals surface area contributed by atoms with Crippen molar-refractivity contribution in [1.82, 2.24) is 49.8 Å². The maximum atomic E-state index is 13.5. The summed E-state index contributed by atoms with van der Waals surface area (Å²) in [6, 6.07) is 0.917. The Labute approximate surface area is 404 Å². The van der Waals surface area contributed by atoms with E-state index in [0.29, 0.717) is 0 Å². The Hall–Kier alpha value is -4.66. The topological polar surface area (TPSA) is 565 Å². The summed E-state index contributed by atoms with van der Waals surface area (Å²) in [5, 5.41) is 42.6. The first kappa shape index (κ1) is 56.1. The summed E-state index contributed by atoms with van der Waals surface area (Å²) in [5.41, 5.74) is 8.92. The lowest BCUT2D eigenvalue weighted by Gasteiger charge is -2.27. The second kappa shape index (κ2) is 21.2. The van der Waals surface area contributed by atoms with Crippen LogP contribution in [0.1, 0.15) is 18.7 Å². The van der Waals surface area contributed by atoms with Crippen LogP contribution in [-0.2, 0) is 71.0 Å². The lowest BCUT2D eigenvalue weighted by Crippen LogP contribution is -2.46. The van der Waals surface area contributed by atoms with Gasteiger partial charge in [0.15, 0.2) is 30.2 Å². The largest absolute Gasteiger partial charge is 0.756 e. The quantitative estimate of drug-likeness (QED) is 0.0271. The monoisotopic (exact) mass is 1120 g/mol. The molecule has 38 nitrogen and oxygen atoms in total. The van der Waals surface area contributed by atoms with Gasteiger partial charge in [-0.05, 0) is 0 Å². The summed E-state index contributed by atoms with van der Waals surface area (Å²) in [5.74, 6) is -0.419. The molecule has 42 heteroatoms. The van der Waals surface area contributed by atoms with Crippen LogP contribution < -0.4 is 43.9 Å². The van der Waals surface area contributed by atoms with E-state index < -0.39 is 142 Å². The first-order valence-corrected chi connectivity index (χ1v) is 26.2. The number of nitrogens with two attached hydrogens (primary N) is 2. The highest BCUT2D eigenvalue weighted by atomic mass is 31.3. The van der Waals surface area contributed by atoms with Gasteiger partial charge in [0.05, 0.1) is 33.2 Å². The molecule has 73 heavy (non-hydrogen) atoms. The smallest absolute Gasteiger partial charge is 0.487 e. The predicted molar refractivity (Wildman–Crippen MR) is 231 cm³/mol. The van der Waals surface area contributed by atoms with Crippen molar-refractivity contribution in [3.8, 4) is 0 Å². The van der Waals surface area contributed by atoms with Gasteiger partial charge in [-0.25, -0.2) is 42.3 Å². The van der Waals surface area contributed by atoms with Gasteiger partial charge in [-0.2, -0.15) is 4.31 Å². The van der Waals surface area contributed by atoms with Crippen molar-refractivity contribution in [1.29, 1.82) is 0 Å². The van der Waals surface area contributed by atoms with Gasteiger partial charge in [-0.1, -0.05) is 4.98 Å². The number of aliphatic hydroxyl groups excluding tert-OH is 4. The predicted octanol–water partition coefficient (Wildman–Crippen LogP) is -5.35. The highest BCUT2D eigenvalue weighted by Gasteiger charge is 2.53. The van der Waals surface area contributed by atoms with Crippen molar-refractivity contribution in [2.45, 2.75) is 73.6 Å². The first-order chi connectivity index (χ1) is 33.7. The maximum absolute atomic E-state index is 13.5. The Morgan fingerprint density at radius 3 is 2.14 bits per heavy atom. The fourth-order valence-electron chi connectivity index (χ4n) is 7.78.